The van der Waals surface area contributed by atoms with Crippen LogP contribution in [0.1, 0.15) is 24.1 Å². The van der Waals surface area contributed by atoms with Crippen LogP contribution in [0.3, 0.4) is 0 Å². The Morgan fingerprint density at radius 1 is 1.50 bits per heavy atom. The lowest BCUT2D eigenvalue weighted by atomic mass is 9.98. The molecule has 0 spiro atoms. The fourth-order valence-electron chi connectivity index (χ4n) is 2.30. The highest BCUT2D eigenvalue weighted by Crippen LogP contribution is 2.22. The molecule has 0 unspecified atom stereocenters. The van der Waals surface area contributed by atoms with Gasteiger partial charge in [0.2, 0.25) is 0 Å². The van der Waals surface area contributed by atoms with Gasteiger partial charge in [0.1, 0.15) is 10.8 Å². The van der Waals surface area contributed by atoms with Gasteiger partial charge in [-0.3, -0.25) is 0 Å². The number of piperidine rings is 1. The summed E-state index contributed by atoms with van der Waals surface area (Å²) in [6, 6.07) is 3.86. The standard InChI is InChI=1S/C13H19N3OS/c1-9-6-11(13(14)18)7-12(15-9)16-4-2-10(8-17)3-5-16/h6-7,10,17H,2-5,8H2,1H3,(H2,14,18). The number of aryl methyl sites for hydroxylation is 1. The molecule has 0 aromatic carbocycles. The van der Waals surface area contributed by atoms with Gasteiger partial charge in [-0.15, -0.1) is 0 Å². The van der Waals surface area contributed by atoms with Crippen LogP contribution in [0.2, 0.25) is 0 Å². The second-order valence-corrected chi connectivity index (χ2v) is 5.27. The molecule has 0 saturated carbocycles. The summed E-state index contributed by atoms with van der Waals surface area (Å²) in [7, 11) is 0. The Morgan fingerprint density at radius 3 is 2.72 bits per heavy atom. The molecular weight excluding hydrogens is 246 g/mol. The third-order valence-electron chi connectivity index (χ3n) is 3.42. The first-order valence-corrected chi connectivity index (χ1v) is 6.65. The van der Waals surface area contributed by atoms with Gasteiger partial charge in [-0.05, 0) is 37.8 Å². The van der Waals surface area contributed by atoms with Crippen molar-refractivity contribution in [3.05, 3.63) is 23.4 Å². The van der Waals surface area contributed by atoms with Gasteiger partial charge >= 0.3 is 0 Å². The summed E-state index contributed by atoms with van der Waals surface area (Å²) in [6.07, 6.45) is 2.02. The highest BCUT2D eigenvalue weighted by atomic mass is 32.1. The van der Waals surface area contributed by atoms with Gasteiger partial charge in [-0.1, -0.05) is 12.2 Å². The Bertz CT molecular complexity index is 442. The molecule has 0 atom stereocenters. The number of aromatic nitrogens is 1. The summed E-state index contributed by atoms with van der Waals surface area (Å²) >= 11 is 5.02. The number of aliphatic hydroxyl groups is 1. The third-order valence-corrected chi connectivity index (χ3v) is 3.66. The Morgan fingerprint density at radius 2 is 2.17 bits per heavy atom. The van der Waals surface area contributed by atoms with Crippen molar-refractivity contribution in [3.63, 3.8) is 0 Å². The zero-order valence-electron chi connectivity index (χ0n) is 10.6. The van der Waals surface area contributed by atoms with Crippen LogP contribution in [0.25, 0.3) is 0 Å². The Hall–Kier alpha value is -1.20. The normalized spacial score (nSPS) is 16.9. The lowest BCUT2D eigenvalue weighted by Crippen LogP contribution is -2.35. The monoisotopic (exact) mass is 265 g/mol. The molecule has 0 radical (unpaired) electrons. The van der Waals surface area contributed by atoms with E-state index < -0.39 is 0 Å². The Balaban J connectivity index is 2.16. The molecule has 1 fully saturated rings. The maximum absolute atomic E-state index is 9.14. The summed E-state index contributed by atoms with van der Waals surface area (Å²) in [6.45, 7) is 4.09. The van der Waals surface area contributed by atoms with Crippen LogP contribution in [-0.2, 0) is 0 Å². The SMILES string of the molecule is Cc1cc(C(N)=S)cc(N2CCC(CO)CC2)n1. The van der Waals surface area contributed by atoms with Gasteiger partial charge in [0.15, 0.2) is 0 Å². The van der Waals surface area contributed by atoms with Gasteiger partial charge in [-0.2, -0.15) is 0 Å². The number of rotatable bonds is 3. The summed E-state index contributed by atoms with van der Waals surface area (Å²) < 4.78 is 0. The molecule has 4 nitrogen and oxygen atoms in total. The molecule has 5 heteroatoms. The summed E-state index contributed by atoms with van der Waals surface area (Å²) in [5.74, 6) is 1.37. The van der Waals surface area contributed by atoms with E-state index in [2.05, 4.69) is 9.88 Å². The molecule has 1 saturated heterocycles. The maximum atomic E-state index is 9.14. The molecule has 2 heterocycles. The molecule has 0 aliphatic carbocycles. The molecule has 1 aromatic heterocycles. The van der Waals surface area contributed by atoms with Crippen molar-refractivity contribution in [2.45, 2.75) is 19.8 Å². The molecule has 18 heavy (non-hydrogen) atoms. The van der Waals surface area contributed by atoms with Crippen LogP contribution in [-0.4, -0.2) is 34.8 Å². The first kappa shape index (κ1) is 13.2. The van der Waals surface area contributed by atoms with Crippen LogP contribution in [0, 0.1) is 12.8 Å². The van der Waals surface area contributed by atoms with E-state index in [0.717, 1.165) is 43.0 Å². The third kappa shape index (κ3) is 2.97. The van der Waals surface area contributed by atoms with Crippen LogP contribution in [0.4, 0.5) is 5.82 Å². The molecule has 1 aromatic rings. The van der Waals surface area contributed by atoms with Crippen molar-refractivity contribution in [2.24, 2.45) is 11.7 Å². The number of hydrogen-bond acceptors (Lipinski definition) is 4. The second-order valence-electron chi connectivity index (χ2n) is 4.83. The minimum Gasteiger partial charge on any atom is -0.396 e. The molecule has 1 aliphatic heterocycles. The maximum Gasteiger partial charge on any atom is 0.129 e. The van der Waals surface area contributed by atoms with E-state index in [1.807, 2.05) is 19.1 Å². The Labute approximate surface area is 113 Å². The van der Waals surface area contributed by atoms with Crippen molar-refractivity contribution in [1.29, 1.82) is 0 Å². The first-order chi connectivity index (χ1) is 8.60. The largest absolute Gasteiger partial charge is 0.396 e. The lowest BCUT2D eigenvalue weighted by molar-refractivity contribution is 0.203. The number of thiocarbonyl (C=S) groups is 1. The number of hydrogen-bond donors (Lipinski definition) is 2. The molecule has 98 valence electrons. The quantitative estimate of drug-likeness (QED) is 0.805. The van der Waals surface area contributed by atoms with Crippen LogP contribution >= 0.6 is 12.2 Å². The Kier molecular flexibility index (Phi) is 4.14. The summed E-state index contributed by atoms with van der Waals surface area (Å²) in [5, 5.41) is 9.14. The first-order valence-electron chi connectivity index (χ1n) is 6.24. The van der Waals surface area contributed by atoms with Crippen molar-refractivity contribution in [1.82, 2.24) is 4.98 Å². The number of aliphatic hydroxyl groups excluding tert-OH is 1. The van der Waals surface area contributed by atoms with E-state index in [4.69, 9.17) is 23.1 Å². The lowest BCUT2D eigenvalue weighted by Gasteiger charge is -2.32. The molecule has 3 N–H and O–H groups in total. The molecule has 0 bridgehead atoms. The molecule has 2 rings (SSSR count). The fraction of sp³-hybridized carbons (Fsp3) is 0.538. The van der Waals surface area contributed by atoms with Gasteiger partial charge in [-0.25, -0.2) is 4.98 Å². The summed E-state index contributed by atoms with van der Waals surface area (Å²) in [5.41, 5.74) is 7.48. The van der Waals surface area contributed by atoms with Gasteiger partial charge in [0, 0.05) is 31.0 Å². The van der Waals surface area contributed by atoms with E-state index in [0.29, 0.717) is 10.9 Å². The highest BCUT2D eigenvalue weighted by Gasteiger charge is 2.20. The van der Waals surface area contributed by atoms with Crippen molar-refractivity contribution in [2.75, 3.05) is 24.6 Å². The zero-order chi connectivity index (χ0) is 13.1. The molecular formula is C13H19N3OS. The van der Waals surface area contributed by atoms with E-state index in [-0.39, 0.29) is 6.61 Å². The summed E-state index contributed by atoms with van der Waals surface area (Å²) in [4.78, 5) is 7.19. The predicted molar refractivity (Wildman–Crippen MR) is 76.9 cm³/mol. The number of anilines is 1. The van der Waals surface area contributed by atoms with E-state index in [1.54, 1.807) is 0 Å². The second kappa shape index (κ2) is 5.63. The highest BCUT2D eigenvalue weighted by molar-refractivity contribution is 7.80. The average molecular weight is 265 g/mol. The number of nitrogens with two attached hydrogens (primary N) is 1. The van der Waals surface area contributed by atoms with Crippen molar-refractivity contribution in [3.8, 4) is 0 Å². The van der Waals surface area contributed by atoms with E-state index in [9.17, 15) is 0 Å². The van der Waals surface area contributed by atoms with E-state index >= 15 is 0 Å². The predicted octanol–water partition coefficient (Wildman–Crippen LogP) is 1.23. The van der Waals surface area contributed by atoms with Crippen molar-refractivity contribution < 1.29 is 5.11 Å². The topological polar surface area (TPSA) is 62.4 Å². The smallest absolute Gasteiger partial charge is 0.129 e. The van der Waals surface area contributed by atoms with Crippen LogP contribution < -0.4 is 10.6 Å². The van der Waals surface area contributed by atoms with Crippen LogP contribution in [0.5, 0.6) is 0 Å². The number of pyridine rings is 1. The van der Waals surface area contributed by atoms with E-state index in [1.165, 1.54) is 0 Å². The van der Waals surface area contributed by atoms with Gasteiger partial charge < -0.3 is 15.7 Å². The minimum atomic E-state index is 0.285. The minimum absolute atomic E-state index is 0.285. The van der Waals surface area contributed by atoms with Crippen LogP contribution in [0.15, 0.2) is 12.1 Å². The zero-order valence-corrected chi connectivity index (χ0v) is 11.4. The molecule has 1 aliphatic rings. The van der Waals surface area contributed by atoms with Gasteiger partial charge in [0.05, 0.1) is 0 Å². The van der Waals surface area contributed by atoms with Crippen molar-refractivity contribution >= 4 is 23.0 Å². The van der Waals surface area contributed by atoms with Gasteiger partial charge in [0.25, 0.3) is 0 Å². The average Bonchev–Trinajstić information content (AvgIpc) is 2.38. The molecule has 0 amide bonds. The number of nitrogens with zero attached hydrogens (tertiary/aromatic N) is 2. The fourth-order valence-corrected chi connectivity index (χ4v) is 2.42.